The van der Waals surface area contributed by atoms with E-state index in [2.05, 4.69) is 0 Å². The van der Waals surface area contributed by atoms with Crippen molar-refractivity contribution in [2.45, 2.75) is 6.92 Å². The van der Waals surface area contributed by atoms with E-state index in [4.69, 9.17) is 21.1 Å². The van der Waals surface area contributed by atoms with Crippen LogP contribution in [0.4, 0.5) is 0 Å². The number of halogens is 1. The summed E-state index contributed by atoms with van der Waals surface area (Å²) in [7, 11) is 1.60. The molecular weight excluding hydrogens is 300 g/mol. The lowest BCUT2D eigenvalue weighted by molar-refractivity contribution is -0.137. The second-order valence-electron chi connectivity index (χ2n) is 4.55. The first-order valence-electron chi connectivity index (χ1n) is 6.93. The zero-order valence-electron chi connectivity index (χ0n) is 12.5. The third-order valence-corrected chi connectivity index (χ3v) is 3.30. The van der Waals surface area contributed by atoms with Crippen LogP contribution in [0.1, 0.15) is 18.1 Å². The molecule has 0 atom stereocenters. The smallest absolute Gasteiger partial charge is 0.331 e. The molecular formula is C18H17ClO3. The van der Waals surface area contributed by atoms with E-state index in [1.54, 1.807) is 20.1 Å². The predicted molar refractivity (Wildman–Crippen MR) is 88.2 cm³/mol. The van der Waals surface area contributed by atoms with Crippen molar-refractivity contribution in [3.8, 4) is 5.75 Å². The van der Waals surface area contributed by atoms with Crippen LogP contribution in [0.25, 0.3) is 5.57 Å². The van der Waals surface area contributed by atoms with Gasteiger partial charge in [0.15, 0.2) is 0 Å². The highest BCUT2D eigenvalue weighted by Crippen LogP contribution is 2.28. The third kappa shape index (κ3) is 4.12. The normalized spacial score (nSPS) is 11.1. The third-order valence-electron chi connectivity index (χ3n) is 3.07. The molecule has 0 aromatic heterocycles. The van der Waals surface area contributed by atoms with E-state index in [9.17, 15) is 4.79 Å². The van der Waals surface area contributed by atoms with Crippen molar-refractivity contribution in [1.29, 1.82) is 0 Å². The summed E-state index contributed by atoms with van der Waals surface area (Å²) in [6, 6.07) is 14.8. The quantitative estimate of drug-likeness (QED) is 0.608. The Kier molecular flexibility index (Phi) is 5.61. The van der Waals surface area contributed by atoms with Gasteiger partial charge in [-0.3, -0.25) is 0 Å². The van der Waals surface area contributed by atoms with Gasteiger partial charge in [-0.15, -0.1) is 0 Å². The number of esters is 1. The standard InChI is InChI=1S/C18H17ClO3/c1-3-22-18(20)12-17(13-6-4-8-15(19)10-13)14-7-5-9-16(11-14)21-2/h4-12H,3H2,1-2H3. The van der Waals surface area contributed by atoms with Crippen molar-refractivity contribution < 1.29 is 14.3 Å². The molecule has 2 aromatic rings. The number of carbonyl (C=O) groups is 1. The van der Waals surface area contributed by atoms with Gasteiger partial charge in [0, 0.05) is 11.1 Å². The molecule has 22 heavy (non-hydrogen) atoms. The zero-order valence-corrected chi connectivity index (χ0v) is 13.3. The van der Waals surface area contributed by atoms with Gasteiger partial charge >= 0.3 is 5.97 Å². The lowest BCUT2D eigenvalue weighted by Crippen LogP contribution is -2.02. The van der Waals surface area contributed by atoms with Crippen LogP contribution >= 0.6 is 11.6 Å². The molecule has 0 radical (unpaired) electrons. The monoisotopic (exact) mass is 316 g/mol. The van der Waals surface area contributed by atoms with Crippen LogP contribution in [-0.2, 0) is 9.53 Å². The summed E-state index contributed by atoms with van der Waals surface area (Å²) in [5.41, 5.74) is 2.43. The number of benzene rings is 2. The zero-order chi connectivity index (χ0) is 15.9. The molecule has 0 N–H and O–H groups in total. The van der Waals surface area contributed by atoms with Gasteiger partial charge in [0.2, 0.25) is 0 Å². The van der Waals surface area contributed by atoms with E-state index in [-0.39, 0.29) is 5.97 Å². The van der Waals surface area contributed by atoms with Gasteiger partial charge < -0.3 is 9.47 Å². The van der Waals surface area contributed by atoms with Crippen LogP contribution in [0.5, 0.6) is 5.75 Å². The van der Waals surface area contributed by atoms with Crippen molar-refractivity contribution in [2.24, 2.45) is 0 Å². The lowest BCUT2D eigenvalue weighted by Gasteiger charge is -2.10. The van der Waals surface area contributed by atoms with Gasteiger partial charge in [-0.05, 0) is 47.9 Å². The van der Waals surface area contributed by atoms with Gasteiger partial charge in [-0.1, -0.05) is 35.9 Å². The molecule has 0 aliphatic rings. The van der Waals surface area contributed by atoms with Crippen LogP contribution in [0, 0.1) is 0 Å². The summed E-state index contributed by atoms with van der Waals surface area (Å²) < 4.78 is 10.3. The summed E-state index contributed by atoms with van der Waals surface area (Å²) in [6.07, 6.45) is 1.48. The Morgan fingerprint density at radius 3 is 2.45 bits per heavy atom. The number of rotatable bonds is 5. The minimum absolute atomic E-state index is 0.330. The number of methoxy groups -OCH3 is 1. The van der Waals surface area contributed by atoms with Crippen molar-refractivity contribution in [2.75, 3.05) is 13.7 Å². The molecule has 0 aliphatic heterocycles. The Balaban J connectivity index is 2.52. The maximum absolute atomic E-state index is 11.9. The van der Waals surface area contributed by atoms with Crippen molar-refractivity contribution in [1.82, 2.24) is 0 Å². The summed E-state index contributed by atoms with van der Waals surface area (Å²) in [4.78, 5) is 11.9. The number of hydrogen-bond donors (Lipinski definition) is 0. The number of ether oxygens (including phenoxy) is 2. The van der Waals surface area contributed by atoms with Gasteiger partial charge in [0.1, 0.15) is 5.75 Å². The van der Waals surface area contributed by atoms with E-state index in [1.807, 2.05) is 42.5 Å². The second kappa shape index (κ2) is 7.66. The molecule has 0 saturated carbocycles. The van der Waals surface area contributed by atoms with Gasteiger partial charge in [-0.2, -0.15) is 0 Å². The highest BCUT2D eigenvalue weighted by Gasteiger charge is 2.10. The first-order valence-corrected chi connectivity index (χ1v) is 7.30. The molecule has 2 aromatic carbocycles. The van der Waals surface area contributed by atoms with E-state index < -0.39 is 0 Å². The number of carbonyl (C=O) groups excluding carboxylic acids is 1. The molecule has 0 saturated heterocycles. The van der Waals surface area contributed by atoms with Gasteiger partial charge in [-0.25, -0.2) is 4.79 Å². The first kappa shape index (κ1) is 16.1. The molecule has 0 unspecified atom stereocenters. The first-order chi connectivity index (χ1) is 10.6. The molecule has 2 rings (SSSR count). The van der Waals surface area contributed by atoms with Crippen LogP contribution < -0.4 is 4.74 Å². The van der Waals surface area contributed by atoms with Crippen LogP contribution in [-0.4, -0.2) is 19.7 Å². The maximum Gasteiger partial charge on any atom is 0.331 e. The molecule has 3 nitrogen and oxygen atoms in total. The van der Waals surface area contributed by atoms with E-state index in [0.717, 1.165) is 16.7 Å². The maximum atomic E-state index is 11.9. The molecule has 0 aliphatic carbocycles. The number of hydrogen-bond acceptors (Lipinski definition) is 3. The molecule has 114 valence electrons. The summed E-state index contributed by atoms with van der Waals surface area (Å²) in [6.45, 7) is 2.10. The fraction of sp³-hybridized carbons (Fsp3) is 0.167. The molecule has 0 heterocycles. The molecule has 0 spiro atoms. The Labute approximate surface area is 135 Å². The Morgan fingerprint density at radius 1 is 1.14 bits per heavy atom. The lowest BCUT2D eigenvalue weighted by atomic mass is 9.97. The van der Waals surface area contributed by atoms with Crippen molar-refractivity contribution in [3.63, 3.8) is 0 Å². The molecule has 4 heteroatoms. The summed E-state index contributed by atoms with van der Waals surface area (Å²) >= 11 is 6.06. The minimum atomic E-state index is -0.389. The molecule has 0 amide bonds. The predicted octanol–water partition coefficient (Wildman–Crippen LogP) is 4.34. The Morgan fingerprint density at radius 2 is 1.82 bits per heavy atom. The molecule has 0 bridgehead atoms. The van der Waals surface area contributed by atoms with E-state index >= 15 is 0 Å². The van der Waals surface area contributed by atoms with Crippen LogP contribution in [0.2, 0.25) is 5.02 Å². The summed E-state index contributed by atoms with van der Waals surface area (Å²) in [5.74, 6) is 0.328. The van der Waals surface area contributed by atoms with E-state index in [0.29, 0.717) is 17.4 Å². The highest BCUT2D eigenvalue weighted by atomic mass is 35.5. The Hall–Kier alpha value is -2.26. The minimum Gasteiger partial charge on any atom is -0.497 e. The van der Waals surface area contributed by atoms with Crippen molar-refractivity contribution >= 4 is 23.1 Å². The summed E-state index contributed by atoms with van der Waals surface area (Å²) in [5, 5.41) is 0.607. The average molecular weight is 317 g/mol. The van der Waals surface area contributed by atoms with Gasteiger partial charge in [0.25, 0.3) is 0 Å². The van der Waals surface area contributed by atoms with Gasteiger partial charge in [0.05, 0.1) is 13.7 Å². The highest BCUT2D eigenvalue weighted by molar-refractivity contribution is 6.30. The topological polar surface area (TPSA) is 35.5 Å². The fourth-order valence-corrected chi connectivity index (χ4v) is 2.27. The van der Waals surface area contributed by atoms with Crippen molar-refractivity contribution in [3.05, 3.63) is 70.8 Å². The SMILES string of the molecule is CCOC(=O)C=C(c1cccc(Cl)c1)c1cccc(OC)c1. The average Bonchev–Trinajstić information content (AvgIpc) is 2.53. The fourth-order valence-electron chi connectivity index (χ4n) is 2.08. The largest absolute Gasteiger partial charge is 0.497 e. The van der Waals surface area contributed by atoms with Crippen LogP contribution in [0.15, 0.2) is 54.6 Å². The molecule has 0 fully saturated rings. The Bertz CT molecular complexity index is 692. The second-order valence-corrected chi connectivity index (χ2v) is 4.99. The van der Waals surface area contributed by atoms with E-state index in [1.165, 1.54) is 6.08 Å². The van der Waals surface area contributed by atoms with Crippen LogP contribution in [0.3, 0.4) is 0 Å².